The van der Waals surface area contributed by atoms with Crippen LogP contribution in [-0.2, 0) is 5.11 Å². The van der Waals surface area contributed by atoms with E-state index in [0.29, 0.717) is 0 Å². The zero-order chi connectivity index (χ0) is 4.99. The van der Waals surface area contributed by atoms with E-state index < -0.39 is 0 Å². The van der Waals surface area contributed by atoms with Gasteiger partial charge in [0.05, 0.1) is 12.0 Å². The lowest BCUT2D eigenvalue weighted by Crippen LogP contribution is -1.98. The molecule has 1 atom stereocenters. The van der Waals surface area contributed by atoms with Gasteiger partial charge in [-0.25, -0.2) is 5.11 Å². The molecule has 37 valence electrons. The van der Waals surface area contributed by atoms with Crippen LogP contribution < -0.4 is 0 Å². The number of halogens is 1. The smallest absolute Gasteiger partial charge is 0.0985 e. The molecule has 0 aromatic carbocycles. The molecule has 0 fully saturated rings. The molecule has 0 heterocycles. The standard InChI is InChI=1S/C4H8ClO/c1-2-4(5)3-6/h4H,2-3H2,1H3. The Labute approximate surface area is 42.9 Å². The lowest BCUT2D eigenvalue weighted by atomic mass is 10.4. The summed E-state index contributed by atoms with van der Waals surface area (Å²) in [5, 5.41) is 9.58. The van der Waals surface area contributed by atoms with Gasteiger partial charge in [0.1, 0.15) is 0 Å². The van der Waals surface area contributed by atoms with Crippen LogP contribution in [0.3, 0.4) is 0 Å². The summed E-state index contributed by atoms with van der Waals surface area (Å²) in [4.78, 5) is 0. The minimum Gasteiger partial charge on any atom is -0.235 e. The monoisotopic (exact) mass is 107 g/mol. The van der Waals surface area contributed by atoms with Gasteiger partial charge in [-0.1, -0.05) is 6.92 Å². The minimum absolute atomic E-state index is 0.148. The zero-order valence-corrected chi connectivity index (χ0v) is 4.53. The summed E-state index contributed by atoms with van der Waals surface area (Å²) in [5.41, 5.74) is 0. The Balaban J connectivity index is 2.75. The minimum atomic E-state index is -0.155. The molecule has 0 amide bonds. The van der Waals surface area contributed by atoms with Gasteiger partial charge in [0, 0.05) is 0 Å². The molecule has 0 rings (SSSR count). The molecule has 0 saturated carbocycles. The molecule has 1 unspecified atom stereocenters. The van der Waals surface area contributed by atoms with E-state index in [4.69, 9.17) is 11.6 Å². The molecule has 6 heavy (non-hydrogen) atoms. The first-order chi connectivity index (χ1) is 2.81. The summed E-state index contributed by atoms with van der Waals surface area (Å²) < 4.78 is 0. The fourth-order valence-electron chi connectivity index (χ4n) is 0.118. The van der Waals surface area contributed by atoms with Crippen LogP contribution in [0.25, 0.3) is 0 Å². The van der Waals surface area contributed by atoms with E-state index >= 15 is 0 Å². The van der Waals surface area contributed by atoms with Crippen LogP contribution >= 0.6 is 11.6 Å². The van der Waals surface area contributed by atoms with Crippen molar-refractivity contribution in [3.05, 3.63) is 0 Å². The lowest BCUT2D eigenvalue weighted by molar-refractivity contribution is 0.191. The van der Waals surface area contributed by atoms with Crippen LogP contribution in [0.15, 0.2) is 0 Å². The molecule has 0 aliphatic heterocycles. The Morgan fingerprint density at radius 2 is 2.33 bits per heavy atom. The summed E-state index contributed by atoms with van der Waals surface area (Å²) in [6, 6.07) is 0. The molecule has 1 radical (unpaired) electrons. The van der Waals surface area contributed by atoms with E-state index in [0.717, 1.165) is 6.42 Å². The van der Waals surface area contributed by atoms with Gasteiger partial charge in [0.15, 0.2) is 0 Å². The van der Waals surface area contributed by atoms with Crippen LogP contribution in [0.4, 0.5) is 0 Å². The van der Waals surface area contributed by atoms with Crippen LogP contribution in [0.5, 0.6) is 0 Å². The summed E-state index contributed by atoms with van der Waals surface area (Å²) in [7, 11) is 0. The van der Waals surface area contributed by atoms with Crippen LogP contribution in [0.1, 0.15) is 13.3 Å². The maximum absolute atomic E-state index is 9.73. The van der Waals surface area contributed by atoms with Crippen LogP contribution in [-0.4, -0.2) is 12.0 Å². The average Bonchev–Trinajstić information content (AvgIpc) is 1.65. The maximum Gasteiger partial charge on any atom is 0.0985 e. The average molecular weight is 108 g/mol. The molecule has 0 bridgehead atoms. The van der Waals surface area contributed by atoms with E-state index in [1.54, 1.807) is 0 Å². The predicted octanol–water partition coefficient (Wildman–Crippen LogP) is 1.43. The van der Waals surface area contributed by atoms with Crippen molar-refractivity contribution in [3.63, 3.8) is 0 Å². The Kier molecular flexibility index (Phi) is 3.58. The molecule has 0 N–H and O–H groups in total. The summed E-state index contributed by atoms with van der Waals surface area (Å²) >= 11 is 5.34. The fraction of sp³-hybridized carbons (Fsp3) is 1.00. The Bertz CT molecular complexity index is 26.7. The largest absolute Gasteiger partial charge is 0.235 e. The number of hydrogen-bond acceptors (Lipinski definition) is 0. The Hall–Kier alpha value is 0.250. The zero-order valence-electron chi connectivity index (χ0n) is 3.78. The highest BCUT2D eigenvalue weighted by Crippen LogP contribution is 1.96. The maximum atomic E-state index is 9.73. The molecule has 2 heteroatoms. The Morgan fingerprint density at radius 3 is 2.33 bits per heavy atom. The second kappa shape index (κ2) is 3.44. The quantitative estimate of drug-likeness (QED) is 0.476. The first-order valence-electron chi connectivity index (χ1n) is 2.03. The first-order valence-corrected chi connectivity index (χ1v) is 2.47. The van der Waals surface area contributed by atoms with E-state index in [9.17, 15) is 5.11 Å². The molecular formula is C4H8ClO. The molecule has 0 spiro atoms. The molecule has 0 aliphatic carbocycles. The highest BCUT2D eigenvalue weighted by atomic mass is 35.5. The topological polar surface area (TPSA) is 19.9 Å². The predicted molar refractivity (Wildman–Crippen MR) is 25.5 cm³/mol. The van der Waals surface area contributed by atoms with Crippen molar-refractivity contribution < 1.29 is 5.11 Å². The number of hydrogen-bond donors (Lipinski definition) is 0. The van der Waals surface area contributed by atoms with E-state index in [2.05, 4.69) is 0 Å². The second-order valence-corrected chi connectivity index (χ2v) is 1.79. The molecule has 0 aliphatic rings. The van der Waals surface area contributed by atoms with Crippen molar-refractivity contribution in [3.8, 4) is 0 Å². The van der Waals surface area contributed by atoms with Gasteiger partial charge < -0.3 is 0 Å². The summed E-state index contributed by atoms with van der Waals surface area (Å²) in [6.07, 6.45) is 0.783. The highest BCUT2D eigenvalue weighted by Gasteiger charge is 1.94. The summed E-state index contributed by atoms with van der Waals surface area (Å²) in [5.74, 6) is 0. The molecule has 0 aromatic rings. The number of alkyl halides is 1. The third-order valence-electron chi connectivity index (χ3n) is 0.624. The van der Waals surface area contributed by atoms with Gasteiger partial charge in [-0.3, -0.25) is 0 Å². The summed E-state index contributed by atoms with van der Waals surface area (Å²) in [6.45, 7) is 1.74. The molecule has 0 saturated heterocycles. The molecule has 1 nitrogen and oxygen atoms in total. The van der Waals surface area contributed by atoms with Crippen molar-refractivity contribution in [2.24, 2.45) is 0 Å². The van der Waals surface area contributed by atoms with Crippen molar-refractivity contribution in [1.29, 1.82) is 0 Å². The van der Waals surface area contributed by atoms with Gasteiger partial charge in [-0.05, 0) is 6.42 Å². The van der Waals surface area contributed by atoms with Crippen LogP contribution in [0.2, 0.25) is 0 Å². The fourth-order valence-corrected chi connectivity index (χ4v) is 0.118. The van der Waals surface area contributed by atoms with Gasteiger partial charge >= 0.3 is 0 Å². The van der Waals surface area contributed by atoms with Crippen molar-refractivity contribution in [2.45, 2.75) is 18.7 Å². The van der Waals surface area contributed by atoms with E-state index in [1.165, 1.54) is 0 Å². The van der Waals surface area contributed by atoms with E-state index in [-0.39, 0.29) is 12.0 Å². The van der Waals surface area contributed by atoms with Crippen LogP contribution in [0, 0.1) is 0 Å². The van der Waals surface area contributed by atoms with Crippen molar-refractivity contribution >= 4 is 11.6 Å². The highest BCUT2D eigenvalue weighted by molar-refractivity contribution is 6.20. The van der Waals surface area contributed by atoms with Crippen molar-refractivity contribution in [2.75, 3.05) is 6.61 Å². The first kappa shape index (κ1) is 6.25. The second-order valence-electron chi connectivity index (χ2n) is 1.17. The third-order valence-corrected chi connectivity index (χ3v) is 1.06. The normalized spacial score (nSPS) is 14.5. The SMILES string of the molecule is CCC(Cl)C[O]. The van der Waals surface area contributed by atoms with Gasteiger partial charge in [0.2, 0.25) is 0 Å². The Morgan fingerprint density at radius 1 is 1.83 bits per heavy atom. The molecular weight excluding hydrogens is 99.5 g/mol. The van der Waals surface area contributed by atoms with Gasteiger partial charge in [-0.15, -0.1) is 11.6 Å². The number of rotatable bonds is 2. The lowest BCUT2D eigenvalue weighted by Gasteiger charge is -1.93. The molecule has 0 aromatic heterocycles. The van der Waals surface area contributed by atoms with E-state index in [1.807, 2.05) is 6.92 Å². The van der Waals surface area contributed by atoms with Crippen molar-refractivity contribution in [1.82, 2.24) is 0 Å². The third kappa shape index (κ3) is 2.49. The van der Waals surface area contributed by atoms with Gasteiger partial charge in [-0.2, -0.15) is 0 Å². The van der Waals surface area contributed by atoms with Gasteiger partial charge in [0.25, 0.3) is 0 Å².